The first kappa shape index (κ1) is 25.6. The summed E-state index contributed by atoms with van der Waals surface area (Å²) in [7, 11) is -3.65. The van der Waals surface area contributed by atoms with Gasteiger partial charge in [0.15, 0.2) is 0 Å². The van der Waals surface area contributed by atoms with Gasteiger partial charge in [-0.05, 0) is 56.2 Å². The van der Waals surface area contributed by atoms with Crippen molar-refractivity contribution in [3.63, 3.8) is 0 Å². The van der Waals surface area contributed by atoms with E-state index in [0.29, 0.717) is 25.1 Å². The maximum Gasteiger partial charge on any atom is 0.254 e. The maximum absolute atomic E-state index is 14.5. The number of hydrogen-bond donors (Lipinski definition) is 1. The van der Waals surface area contributed by atoms with Crippen LogP contribution in [-0.2, 0) is 20.2 Å². The number of sulfonamides is 1. The van der Waals surface area contributed by atoms with Crippen molar-refractivity contribution in [3.8, 4) is 0 Å². The predicted molar refractivity (Wildman–Crippen MR) is 128 cm³/mol. The molecule has 2 aromatic carbocycles. The molecule has 0 spiro atoms. The normalized spacial score (nSPS) is 14.7. The van der Waals surface area contributed by atoms with Crippen molar-refractivity contribution in [3.05, 3.63) is 65.2 Å². The molecule has 0 saturated carbocycles. The number of rotatable bonds is 7. The number of halogens is 2. The molecule has 1 fully saturated rings. The number of nitrogens with one attached hydrogen (secondary N) is 1. The zero-order valence-electron chi connectivity index (χ0n) is 19.5. The molecular formula is C24H31F2N3O4S. The van der Waals surface area contributed by atoms with Crippen LogP contribution in [0.5, 0.6) is 0 Å². The molecule has 10 heteroatoms. The number of amides is 2. The van der Waals surface area contributed by atoms with Gasteiger partial charge < -0.3 is 9.80 Å². The van der Waals surface area contributed by atoms with Gasteiger partial charge in [0.2, 0.25) is 15.9 Å². The topological polar surface area (TPSA) is 86.8 Å². The number of hydrogen-bond acceptors (Lipinski definition) is 4. The van der Waals surface area contributed by atoms with Crippen LogP contribution in [0.15, 0.2) is 42.5 Å². The minimum atomic E-state index is -3.65. The van der Waals surface area contributed by atoms with Gasteiger partial charge in [-0.3, -0.25) is 14.3 Å². The Morgan fingerprint density at radius 2 is 1.59 bits per heavy atom. The van der Waals surface area contributed by atoms with Crippen molar-refractivity contribution in [2.75, 3.05) is 36.7 Å². The lowest BCUT2D eigenvalue weighted by Gasteiger charge is -2.38. The second kappa shape index (κ2) is 10.1. The number of benzene rings is 2. The van der Waals surface area contributed by atoms with E-state index in [4.69, 9.17) is 0 Å². The average molecular weight is 496 g/mol. The molecule has 186 valence electrons. The van der Waals surface area contributed by atoms with Crippen molar-refractivity contribution in [1.29, 1.82) is 0 Å². The van der Waals surface area contributed by atoms with Crippen LogP contribution in [0.4, 0.5) is 14.5 Å². The summed E-state index contributed by atoms with van der Waals surface area (Å²) in [5.74, 6) is -1.86. The molecule has 0 bridgehead atoms. The van der Waals surface area contributed by atoms with Crippen molar-refractivity contribution < 1.29 is 28.2 Å². The molecule has 1 saturated heterocycles. The van der Waals surface area contributed by atoms with Crippen molar-refractivity contribution in [2.24, 2.45) is 0 Å². The summed E-state index contributed by atoms with van der Waals surface area (Å²) in [5.41, 5.74) is -0.266. The van der Waals surface area contributed by atoms with Crippen LogP contribution in [0.3, 0.4) is 0 Å². The van der Waals surface area contributed by atoms with Crippen LogP contribution < -0.4 is 4.72 Å². The third-order valence-electron chi connectivity index (χ3n) is 5.91. The van der Waals surface area contributed by atoms with E-state index in [-0.39, 0.29) is 43.2 Å². The summed E-state index contributed by atoms with van der Waals surface area (Å²) in [5, 5.41) is 0. The Morgan fingerprint density at radius 3 is 2.15 bits per heavy atom. The number of nitrogens with zero attached hydrogens (tertiary/aromatic N) is 2. The molecule has 0 aromatic heterocycles. The SMILES string of the molecule is CCCS(=O)(=O)Nc1ccc(C(=O)N2CCN(C(=O)C(C)(C)c3ccc(F)cc3)CC2)cc1F.[HH]. The molecule has 2 aromatic rings. The lowest BCUT2D eigenvalue weighted by atomic mass is 9.83. The van der Waals surface area contributed by atoms with E-state index in [9.17, 15) is 26.8 Å². The van der Waals surface area contributed by atoms with Crippen molar-refractivity contribution in [1.82, 2.24) is 9.80 Å². The lowest BCUT2D eigenvalue weighted by Crippen LogP contribution is -2.54. The monoisotopic (exact) mass is 495 g/mol. The predicted octanol–water partition coefficient (Wildman–Crippen LogP) is 3.62. The molecule has 2 amide bonds. The van der Waals surface area contributed by atoms with Crippen LogP contribution in [0, 0.1) is 11.6 Å². The van der Waals surface area contributed by atoms with Crippen LogP contribution in [0.1, 0.15) is 44.5 Å². The Kier molecular flexibility index (Phi) is 7.60. The van der Waals surface area contributed by atoms with Gasteiger partial charge in [-0.2, -0.15) is 0 Å². The van der Waals surface area contributed by atoms with Gasteiger partial charge in [-0.1, -0.05) is 19.1 Å². The molecule has 1 N–H and O–H groups in total. The summed E-state index contributed by atoms with van der Waals surface area (Å²) >= 11 is 0. The fourth-order valence-electron chi connectivity index (χ4n) is 3.90. The van der Waals surface area contributed by atoms with Gasteiger partial charge in [-0.15, -0.1) is 0 Å². The molecule has 1 heterocycles. The van der Waals surface area contributed by atoms with E-state index in [2.05, 4.69) is 4.72 Å². The van der Waals surface area contributed by atoms with Crippen LogP contribution in [-0.4, -0.2) is 62.0 Å². The second-order valence-electron chi connectivity index (χ2n) is 8.83. The van der Waals surface area contributed by atoms with Crippen LogP contribution >= 0.6 is 0 Å². The van der Waals surface area contributed by atoms with Gasteiger partial charge in [0.25, 0.3) is 5.91 Å². The molecule has 7 nitrogen and oxygen atoms in total. The number of carbonyl (C=O) groups excluding carboxylic acids is 2. The van der Waals surface area contributed by atoms with Gasteiger partial charge in [0.05, 0.1) is 16.9 Å². The minimum absolute atomic E-state index is 0. The second-order valence-corrected chi connectivity index (χ2v) is 10.7. The van der Waals surface area contributed by atoms with Gasteiger partial charge >= 0.3 is 0 Å². The summed E-state index contributed by atoms with van der Waals surface area (Å²) in [6.07, 6.45) is 0.392. The van der Waals surface area contributed by atoms with E-state index in [1.807, 2.05) is 0 Å². The molecule has 0 radical (unpaired) electrons. The first-order valence-electron chi connectivity index (χ1n) is 11.1. The molecule has 34 heavy (non-hydrogen) atoms. The van der Waals surface area contributed by atoms with E-state index in [0.717, 1.165) is 6.07 Å². The number of piperazine rings is 1. The fourth-order valence-corrected chi connectivity index (χ4v) is 5.04. The molecule has 1 aliphatic rings. The highest BCUT2D eigenvalue weighted by Gasteiger charge is 2.36. The molecule has 0 aliphatic carbocycles. The smallest absolute Gasteiger partial charge is 0.254 e. The van der Waals surface area contributed by atoms with Gasteiger partial charge in [0, 0.05) is 33.2 Å². The highest BCUT2D eigenvalue weighted by molar-refractivity contribution is 7.92. The Bertz CT molecular complexity index is 1170. The van der Waals surface area contributed by atoms with Gasteiger partial charge in [0.1, 0.15) is 11.6 Å². The van der Waals surface area contributed by atoms with E-state index >= 15 is 0 Å². The first-order valence-corrected chi connectivity index (χ1v) is 12.7. The fraction of sp³-hybridized carbons (Fsp3) is 0.417. The zero-order chi connectivity index (χ0) is 25.1. The molecule has 3 rings (SSSR count). The zero-order valence-corrected chi connectivity index (χ0v) is 20.3. The molecular weight excluding hydrogens is 464 g/mol. The number of anilines is 1. The Morgan fingerprint density at radius 1 is 1.00 bits per heavy atom. The molecule has 0 unspecified atom stereocenters. The lowest BCUT2D eigenvalue weighted by molar-refractivity contribution is -0.137. The minimum Gasteiger partial charge on any atom is -0.338 e. The molecule has 1 aliphatic heterocycles. The largest absolute Gasteiger partial charge is 0.338 e. The van der Waals surface area contributed by atoms with Crippen molar-refractivity contribution >= 4 is 27.5 Å². The van der Waals surface area contributed by atoms with Crippen LogP contribution in [0.2, 0.25) is 0 Å². The molecule has 0 atom stereocenters. The first-order chi connectivity index (χ1) is 15.9. The van der Waals surface area contributed by atoms with E-state index in [1.165, 1.54) is 29.2 Å². The third-order valence-corrected chi connectivity index (χ3v) is 7.39. The van der Waals surface area contributed by atoms with E-state index in [1.54, 1.807) is 37.8 Å². The summed E-state index contributed by atoms with van der Waals surface area (Å²) in [4.78, 5) is 29.2. The quantitative estimate of drug-likeness (QED) is 0.636. The summed E-state index contributed by atoms with van der Waals surface area (Å²) < 4.78 is 53.7. The highest BCUT2D eigenvalue weighted by Crippen LogP contribution is 2.27. The van der Waals surface area contributed by atoms with E-state index < -0.39 is 27.2 Å². The summed E-state index contributed by atoms with van der Waals surface area (Å²) in [6, 6.07) is 9.45. The third kappa shape index (κ3) is 5.72. The van der Waals surface area contributed by atoms with Gasteiger partial charge in [-0.25, -0.2) is 17.2 Å². The van der Waals surface area contributed by atoms with Crippen molar-refractivity contribution in [2.45, 2.75) is 32.6 Å². The maximum atomic E-state index is 14.5. The van der Waals surface area contributed by atoms with Crippen LogP contribution in [0.25, 0.3) is 0 Å². The number of carbonyl (C=O) groups is 2. The standard InChI is InChI=1S/C24H29F2N3O4S.H2/c1-4-15-34(32,33)27-21-10-5-17(16-20(21)26)22(30)28-11-13-29(14-12-28)23(31)24(2,3)18-6-8-19(25)9-7-18;/h5-10,16,27H,4,11-15H2,1-3H3;1H. The summed E-state index contributed by atoms with van der Waals surface area (Å²) in [6.45, 7) is 6.43. The average Bonchev–Trinajstić information content (AvgIpc) is 2.79. The Labute approximate surface area is 200 Å². The highest BCUT2D eigenvalue weighted by atomic mass is 32.2. The Balaban J connectivity index is 0.00000432. The Hall–Kier alpha value is -3.01.